The fourth-order valence-corrected chi connectivity index (χ4v) is 3.48. The molecule has 1 saturated heterocycles. The van der Waals surface area contributed by atoms with Crippen LogP contribution in [0, 0.1) is 0 Å². The van der Waals surface area contributed by atoms with Crippen LogP contribution >= 0.6 is 11.6 Å². The van der Waals surface area contributed by atoms with Crippen molar-refractivity contribution in [3.63, 3.8) is 0 Å². The topological polar surface area (TPSA) is 12.0 Å². The molecule has 1 N–H and O–H groups in total. The molecule has 0 amide bonds. The van der Waals surface area contributed by atoms with Crippen LogP contribution in [-0.2, 0) is 11.8 Å². The Hall–Kier alpha value is -1.31. The fraction of sp³-hybridized carbons (Fsp3) is 0.368. The third-order valence-corrected chi connectivity index (χ3v) is 4.89. The summed E-state index contributed by atoms with van der Waals surface area (Å²) in [5.74, 6) is 0.585. The first-order chi connectivity index (χ1) is 10.1. The average molecular weight is 300 g/mol. The standard InChI is InChI=1S/C19H22ClN/c1-14(2)16-9-7-15(8-10-16)11-19(12-21-13-19)17-5-3-4-6-18(17)20/h3-10,14,21H,11-13H2,1-2H3. The lowest BCUT2D eigenvalue weighted by Crippen LogP contribution is -2.58. The SMILES string of the molecule is CC(C)c1ccc(CC2(c3ccccc3Cl)CNC2)cc1. The van der Waals surface area contributed by atoms with Gasteiger partial charge in [0.2, 0.25) is 0 Å². The summed E-state index contributed by atoms with van der Waals surface area (Å²) in [6.07, 6.45) is 1.04. The first-order valence-electron chi connectivity index (χ1n) is 7.65. The van der Waals surface area contributed by atoms with Crippen LogP contribution in [0.4, 0.5) is 0 Å². The highest BCUT2D eigenvalue weighted by Gasteiger charge is 2.39. The molecule has 0 saturated carbocycles. The van der Waals surface area contributed by atoms with Gasteiger partial charge >= 0.3 is 0 Å². The zero-order valence-electron chi connectivity index (χ0n) is 12.7. The summed E-state index contributed by atoms with van der Waals surface area (Å²) in [5.41, 5.74) is 4.22. The number of hydrogen-bond donors (Lipinski definition) is 1. The van der Waals surface area contributed by atoms with E-state index in [1.54, 1.807) is 0 Å². The molecule has 3 rings (SSSR count). The van der Waals surface area contributed by atoms with Crippen molar-refractivity contribution in [2.75, 3.05) is 13.1 Å². The van der Waals surface area contributed by atoms with Gasteiger partial charge in [0.05, 0.1) is 0 Å². The lowest BCUT2D eigenvalue weighted by molar-refractivity contribution is 0.275. The monoisotopic (exact) mass is 299 g/mol. The van der Waals surface area contributed by atoms with E-state index in [4.69, 9.17) is 11.6 Å². The minimum absolute atomic E-state index is 0.150. The Morgan fingerprint density at radius 1 is 1.05 bits per heavy atom. The molecule has 2 heteroatoms. The second-order valence-corrected chi connectivity index (χ2v) is 6.84. The van der Waals surface area contributed by atoms with Gasteiger partial charge in [-0.05, 0) is 35.1 Å². The van der Waals surface area contributed by atoms with Crippen molar-refractivity contribution in [1.29, 1.82) is 0 Å². The molecule has 0 aromatic heterocycles. The highest BCUT2D eigenvalue weighted by Crippen LogP contribution is 2.36. The Morgan fingerprint density at radius 2 is 1.71 bits per heavy atom. The third kappa shape index (κ3) is 2.86. The third-order valence-electron chi connectivity index (χ3n) is 4.56. The minimum Gasteiger partial charge on any atom is -0.315 e. The van der Waals surface area contributed by atoms with Gasteiger partial charge in [0.25, 0.3) is 0 Å². The van der Waals surface area contributed by atoms with E-state index in [0.717, 1.165) is 24.5 Å². The van der Waals surface area contributed by atoms with Crippen LogP contribution in [0.3, 0.4) is 0 Å². The zero-order valence-corrected chi connectivity index (χ0v) is 13.5. The van der Waals surface area contributed by atoms with Gasteiger partial charge in [-0.1, -0.05) is 67.9 Å². The quantitative estimate of drug-likeness (QED) is 0.873. The van der Waals surface area contributed by atoms with Gasteiger partial charge in [0.1, 0.15) is 0 Å². The van der Waals surface area contributed by atoms with Gasteiger partial charge in [0.15, 0.2) is 0 Å². The molecule has 0 radical (unpaired) electrons. The van der Waals surface area contributed by atoms with Crippen molar-refractivity contribution in [2.45, 2.75) is 31.6 Å². The summed E-state index contributed by atoms with van der Waals surface area (Å²) in [7, 11) is 0. The van der Waals surface area contributed by atoms with E-state index in [0.29, 0.717) is 5.92 Å². The molecular weight excluding hydrogens is 278 g/mol. The molecule has 1 heterocycles. The lowest BCUT2D eigenvalue weighted by atomic mass is 9.71. The van der Waals surface area contributed by atoms with Crippen molar-refractivity contribution in [3.8, 4) is 0 Å². The van der Waals surface area contributed by atoms with E-state index in [9.17, 15) is 0 Å². The maximum Gasteiger partial charge on any atom is 0.0444 e. The smallest absolute Gasteiger partial charge is 0.0444 e. The van der Waals surface area contributed by atoms with Crippen LogP contribution in [0.1, 0.15) is 36.5 Å². The van der Waals surface area contributed by atoms with Crippen LogP contribution in [0.25, 0.3) is 0 Å². The Kier molecular flexibility index (Phi) is 4.05. The second kappa shape index (κ2) is 5.82. The number of halogens is 1. The summed E-state index contributed by atoms with van der Waals surface area (Å²) in [6, 6.07) is 17.3. The number of rotatable bonds is 4. The van der Waals surface area contributed by atoms with Gasteiger partial charge in [-0.25, -0.2) is 0 Å². The van der Waals surface area contributed by atoms with Crippen molar-refractivity contribution >= 4 is 11.6 Å². The minimum atomic E-state index is 0.150. The molecule has 1 aliphatic heterocycles. The Labute approximate surface area is 132 Å². The van der Waals surface area contributed by atoms with Crippen LogP contribution in [-0.4, -0.2) is 13.1 Å². The van der Waals surface area contributed by atoms with E-state index in [2.05, 4.69) is 55.6 Å². The largest absolute Gasteiger partial charge is 0.315 e. The van der Waals surface area contributed by atoms with Crippen LogP contribution < -0.4 is 5.32 Å². The van der Waals surface area contributed by atoms with Crippen LogP contribution in [0.2, 0.25) is 5.02 Å². The van der Waals surface area contributed by atoms with Crippen molar-refractivity contribution in [3.05, 3.63) is 70.2 Å². The molecule has 1 fully saturated rings. The van der Waals surface area contributed by atoms with Crippen LogP contribution in [0.15, 0.2) is 48.5 Å². The molecule has 0 aliphatic carbocycles. The van der Waals surface area contributed by atoms with Gasteiger partial charge in [-0.15, -0.1) is 0 Å². The Balaban J connectivity index is 1.86. The molecule has 110 valence electrons. The van der Waals surface area contributed by atoms with Crippen molar-refractivity contribution in [2.24, 2.45) is 0 Å². The summed E-state index contributed by atoms with van der Waals surface area (Å²) in [4.78, 5) is 0. The molecule has 0 spiro atoms. The maximum atomic E-state index is 6.43. The predicted octanol–water partition coefficient (Wildman–Crippen LogP) is 4.55. The van der Waals surface area contributed by atoms with Gasteiger partial charge in [-0.3, -0.25) is 0 Å². The van der Waals surface area contributed by atoms with Gasteiger partial charge in [0, 0.05) is 23.5 Å². The highest BCUT2D eigenvalue weighted by atomic mass is 35.5. The summed E-state index contributed by atoms with van der Waals surface area (Å²) < 4.78 is 0. The summed E-state index contributed by atoms with van der Waals surface area (Å²) >= 11 is 6.43. The van der Waals surface area contributed by atoms with E-state index in [-0.39, 0.29) is 5.41 Å². The van der Waals surface area contributed by atoms with Crippen molar-refractivity contribution in [1.82, 2.24) is 5.32 Å². The molecule has 0 unspecified atom stereocenters. The molecule has 21 heavy (non-hydrogen) atoms. The zero-order chi connectivity index (χ0) is 14.9. The number of benzene rings is 2. The van der Waals surface area contributed by atoms with E-state index < -0.39 is 0 Å². The predicted molar refractivity (Wildman–Crippen MR) is 90.2 cm³/mol. The Morgan fingerprint density at radius 3 is 2.24 bits per heavy atom. The van der Waals surface area contributed by atoms with E-state index >= 15 is 0 Å². The normalized spacial score (nSPS) is 16.8. The first kappa shape index (κ1) is 14.6. The fourth-order valence-electron chi connectivity index (χ4n) is 3.14. The van der Waals surface area contributed by atoms with E-state index in [1.165, 1.54) is 16.7 Å². The summed E-state index contributed by atoms with van der Waals surface area (Å²) in [5, 5.41) is 4.31. The molecule has 0 bridgehead atoms. The molecule has 2 aromatic carbocycles. The second-order valence-electron chi connectivity index (χ2n) is 6.44. The number of hydrogen-bond acceptors (Lipinski definition) is 1. The summed E-state index contributed by atoms with van der Waals surface area (Å²) in [6.45, 7) is 6.47. The van der Waals surface area contributed by atoms with Crippen LogP contribution in [0.5, 0.6) is 0 Å². The van der Waals surface area contributed by atoms with Gasteiger partial charge in [-0.2, -0.15) is 0 Å². The molecule has 0 atom stereocenters. The molecular formula is C19H22ClN. The lowest BCUT2D eigenvalue weighted by Gasteiger charge is -2.44. The molecule has 2 aromatic rings. The first-order valence-corrected chi connectivity index (χ1v) is 8.03. The highest BCUT2D eigenvalue weighted by molar-refractivity contribution is 6.31. The average Bonchev–Trinajstić information content (AvgIpc) is 2.44. The number of nitrogens with one attached hydrogen (secondary N) is 1. The maximum absolute atomic E-state index is 6.43. The molecule has 1 nitrogen and oxygen atoms in total. The van der Waals surface area contributed by atoms with Crippen molar-refractivity contribution < 1.29 is 0 Å². The van der Waals surface area contributed by atoms with E-state index in [1.807, 2.05) is 12.1 Å². The molecule has 1 aliphatic rings. The van der Waals surface area contributed by atoms with Gasteiger partial charge < -0.3 is 5.32 Å². The Bertz CT molecular complexity index is 612.